The standard InChI is InChI=1S/C35H23ClO/c36-26-20-17-24(18-21-26)27-12-4-6-15-31(27)35(37)32-16-7-5-13-29(32)30-14-8-11-25-19-22-28(34(35)33(25)30)23-9-2-1-3-10-23/h1-22,37H. The van der Waals surface area contributed by atoms with Crippen molar-refractivity contribution >= 4 is 22.4 Å². The first-order valence-electron chi connectivity index (χ1n) is 12.5. The van der Waals surface area contributed by atoms with E-state index in [1.54, 1.807) is 0 Å². The van der Waals surface area contributed by atoms with Gasteiger partial charge in [0.2, 0.25) is 0 Å². The smallest absolute Gasteiger partial charge is 0.142 e. The number of fused-ring (bicyclic) bond motifs is 2. The van der Waals surface area contributed by atoms with Crippen LogP contribution < -0.4 is 0 Å². The van der Waals surface area contributed by atoms with E-state index in [1.165, 1.54) is 0 Å². The fourth-order valence-corrected chi connectivity index (χ4v) is 6.09. The largest absolute Gasteiger partial charge is 0.376 e. The van der Waals surface area contributed by atoms with E-state index in [-0.39, 0.29) is 0 Å². The highest BCUT2D eigenvalue weighted by Gasteiger charge is 2.44. The van der Waals surface area contributed by atoms with Crippen LogP contribution in [0.5, 0.6) is 0 Å². The number of hydrogen-bond acceptors (Lipinski definition) is 1. The molecular weight excluding hydrogens is 472 g/mol. The van der Waals surface area contributed by atoms with E-state index in [0.29, 0.717) is 5.02 Å². The lowest BCUT2D eigenvalue weighted by Gasteiger charge is -2.39. The first kappa shape index (κ1) is 22.1. The lowest BCUT2D eigenvalue weighted by molar-refractivity contribution is 0.128. The van der Waals surface area contributed by atoms with Gasteiger partial charge in [0.25, 0.3) is 0 Å². The Morgan fingerprint density at radius 3 is 1.81 bits per heavy atom. The summed E-state index contributed by atoms with van der Waals surface area (Å²) in [5, 5.41) is 16.2. The third-order valence-corrected chi connectivity index (χ3v) is 7.82. The summed E-state index contributed by atoms with van der Waals surface area (Å²) in [6, 6.07) is 45.4. The lowest BCUT2D eigenvalue weighted by Crippen LogP contribution is -2.33. The van der Waals surface area contributed by atoms with Crippen molar-refractivity contribution in [3.05, 3.63) is 155 Å². The molecule has 1 unspecified atom stereocenters. The molecular formula is C35H23ClO. The predicted molar refractivity (Wildman–Crippen MR) is 154 cm³/mol. The fraction of sp³-hybridized carbons (Fsp3) is 0.0286. The Morgan fingerprint density at radius 1 is 0.459 bits per heavy atom. The maximum absolute atomic E-state index is 13.3. The van der Waals surface area contributed by atoms with Gasteiger partial charge in [-0.3, -0.25) is 0 Å². The first-order chi connectivity index (χ1) is 18.2. The highest BCUT2D eigenvalue weighted by molar-refractivity contribution is 6.30. The second-order valence-corrected chi connectivity index (χ2v) is 10.0. The van der Waals surface area contributed by atoms with Crippen LogP contribution in [0.2, 0.25) is 5.02 Å². The molecule has 0 saturated carbocycles. The zero-order chi connectivity index (χ0) is 25.0. The van der Waals surface area contributed by atoms with Crippen molar-refractivity contribution in [3.8, 4) is 33.4 Å². The fourth-order valence-electron chi connectivity index (χ4n) is 5.97. The zero-order valence-corrected chi connectivity index (χ0v) is 20.8. The van der Waals surface area contributed by atoms with Crippen molar-refractivity contribution < 1.29 is 5.11 Å². The third kappa shape index (κ3) is 3.29. The second kappa shape index (κ2) is 8.45. The van der Waals surface area contributed by atoms with Crippen molar-refractivity contribution in [2.75, 3.05) is 0 Å². The molecule has 1 aliphatic rings. The van der Waals surface area contributed by atoms with Crippen LogP contribution in [-0.2, 0) is 5.60 Å². The molecule has 6 aromatic rings. The summed E-state index contributed by atoms with van der Waals surface area (Å²) in [4.78, 5) is 0. The Kier molecular flexibility index (Phi) is 5.04. The number of benzene rings is 6. The number of halogens is 1. The summed E-state index contributed by atoms with van der Waals surface area (Å²) >= 11 is 6.23. The normalized spacial score (nSPS) is 15.9. The van der Waals surface area contributed by atoms with Gasteiger partial charge in [-0.25, -0.2) is 0 Å². The Bertz CT molecular complexity index is 1790. The molecule has 7 rings (SSSR count). The average molecular weight is 495 g/mol. The zero-order valence-electron chi connectivity index (χ0n) is 20.0. The molecule has 1 nitrogen and oxygen atoms in total. The van der Waals surface area contributed by atoms with Crippen LogP contribution in [0.4, 0.5) is 0 Å². The molecule has 0 saturated heterocycles. The maximum atomic E-state index is 13.3. The Morgan fingerprint density at radius 2 is 1.05 bits per heavy atom. The molecule has 0 amide bonds. The number of aliphatic hydroxyl groups is 1. The SMILES string of the molecule is OC1(c2ccccc2-c2ccc(Cl)cc2)c2ccccc2-c2cccc3ccc(-c4ccccc4)c1c23. The minimum Gasteiger partial charge on any atom is -0.376 e. The second-order valence-electron chi connectivity index (χ2n) is 9.57. The molecule has 6 aromatic carbocycles. The van der Waals surface area contributed by atoms with Gasteiger partial charge in [0.15, 0.2) is 0 Å². The molecule has 0 aromatic heterocycles. The highest BCUT2D eigenvalue weighted by atomic mass is 35.5. The van der Waals surface area contributed by atoms with E-state index in [4.69, 9.17) is 11.6 Å². The molecule has 176 valence electrons. The summed E-state index contributed by atoms with van der Waals surface area (Å²) in [5.41, 5.74) is 7.58. The quantitative estimate of drug-likeness (QED) is 0.260. The van der Waals surface area contributed by atoms with Crippen LogP contribution in [0, 0.1) is 0 Å². The molecule has 0 aliphatic heterocycles. The monoisotopic (exact) mass is 494 g/mol. The van der Waals surface area contributed by atoms with E-state index < -0.39 is 5.60 Å². The molecule has 0 heterocycles. The Hall–Kier alpha value is -4.17. The van der Waals surface area contributed by atoms with Crippen molar-refractivity contribution in [1.82, 2.24) is 0 Å². The van der Waals surface area contributed by atoms with Crippen molar-refractivity contribution in [2.24, 2.45) is 0 Å². The molecule has 0 bridgehead atoms. The van der Waals surface area contributed by atoms with Crippen LogP contribution >= 0.6 is 11.6 Å². The summed E-state index contributed by atoms with van der Waals surface area (Å²) in [5.74, 6) is 0. The van der Waals surface area contributed by atoms with Gasteiger partial charge in [-0.05, 0) is 56.3 Å². The van der Waals surface area contributed by atoms with Crippen molar-refractivity contribution in [1.29, 1.82) is 0 Å². The van der Waals surface area contributed by atoms with Gasteiger partial charge in [0.1, 0.15) is 5.60 Å². The third-order valence-electron chi connectivity index (χ3n) is 7.57. The van der Waals surface area contributed by atoms with Gasteiger partial charge in [0.05, 0.1) is 0 Å². The van der Waals surface area contributed by atoms with Crippen molar-refractivity contribution in [2.45, 2.75) is 5.60 Å². The molecule has 1 N–H and O–H groups in total. The van der Waals surface area contributed by atoms with E-state index >= 15 is 0 Å². The lowest BCUT2D eigenvalue weighted by atomic mass is 9.67. The van der Waals surface area contributed by atoms with E-state index in [9.17, 15) is 5.11 Å². The van der Waals surface area contributed by atoms with Crippen molar-refractivity contribution in [3.63, 3.8) is 0 Å². The van der Waals surface area contributed by atoms with Gasteiger partial charge in [-0.2, -0.15) is 0 Å². The van der Waals surface area contributed by atoms with E-state index in [0.717, 1.165) is 60.8 Å². The van der Waals surface area contributed by atoms with E-state index in [2.05, 4.69) is 84.9 Å². The highest BCUT2D eigenvalue weighted by Crippen LogP contribution is 2.54. The summed E-state index contributed by atoms with van der Waals surface area (Å²) < 4.78 is 0. The van der Waals surface area contributed by atoms with Gasteiger partial charge in [-0.15, -0.1) is 0 Å². The Balaban J connectivity index is 1.66. The van der Waals surface area contributed by atoms with Crippen LogP contribution in [0.25, 0.3) is 44.2 Å². The minimum absolute atomic E-state index is 0.688. The average Bonchev–Trinajstić information content (AvgIpc) is 2.96. The van der Waals surface area contributed by atoms with Gasteiger partial charge in [0, 0.05) is 21.7 Å². The maximum Gasteiger partial charge on any atom is 0.142 e. The van der Waals surface area contributed by atoms with Crippen LogP contribution in [0.15, 0.2) is 133 Å². The molecule has 0 fully saturated rings. The van der Waals surface area contributed by atoms with Gasteiger partial charge in [-0.1, -0.05) is 133 Å². The number of rotatable bonds is 3. The van der Waals surface area contributed by atoms with Gasteiger partial charge >= 0.3 is 0 Å². The molecule has 0 radical (unpaired) electrons. The van der Waals surface area contributed by atoms with E-state index in [1.807, 2.05) is 48.5 Å². The summed E-state index contributed by atoms with van der Waals surface area (Å²) in [7, 11) is 0. The molecule has 1 atom stereocenters. The molecule has 2 heteroatoms. The summed E-state index contributed by atoms with van der Waals surface area (Å²) in [6.07, 6.45) is 0. The van der Waals surface area contributed by atoms with Crippen LogP contribution in [0.1, 0.15) is 16.7 Å². The van der Waals surface area contributed by atoms with Crippen LogP contribution in [0.3, 0.4) is 0 Å². The molecule has 1 aliphatic carbocycles. The molecule has 0 spiro atoms. The summed E-state index contributed by atoms with van der Waals surface area (Å²) in [6.45, 7) is 0. The number of hydrogen-bond donors (Lipinski definition) is 1. The predicted octanol–water partition coefficient (Wildman–Crippen LogP) is 9.09. The minimum atomic E-state index is -1.38. The van der Waals surface area contributed by atoms with Gasteiger partial charge < -0.3 is 5.11 Å². The topological polar surface area (TPSA) is 20.2 Å². The molecule has 37 heavy (non-hydrogen) atoms. The van der Waals surface area contributed by atoms with Crippen LogP contribution in [-0.4, -0.2) is 5.11 Å². The Labute approximate surface area is 221 Å². The first-order valence-corrected chi connectivity index (χ1v) is 12.8.